The minimum atomic E-state index is 0.144. The van der Waals surface area contributed by atoms with Crippen LogP contribution in [0.15, 0.2) is 36.5 Å². The van der Waals surface area contributed by atoms with Gasteiger partial charge in [-0.25, -0.2) is 0 Å². The highest BCUT2D eigenvalue weighted by Crippen LogP contribution is 2.34. The van der Waals surface area contributed by atoms with Crippen molar-refractivity contribution in [2.24, 2.45) is 0 Å². The number of rotatable bonds is 5. The van der Waals surface area contributed by atoms with E-state index < -0.39 is 0 Å². The SMILES string of the molecule is CC(c1ccc(Cl)c(Cl)c1)C(C)c1ccc(OC2CCOC2)cn1. The van der Waals surface area contributed by atoms with Gasteiger partial charge in [0.25, 0.3) is 0 Å². The molecule has 24 heavy (non-hydrogen) atoms. The molecule has 1 aromatic carbocycles. The summed E-state index contributed by atoms with van der Waals surface area (Å²) in [6.07, 6.45) is 2.88. The Morgan fingerprint density at radius 2 is 1.96 bits per heavy atom. The average Bonchev–Trinajstić information content (AvgIpc) is 3.10. The zero-order valence-corrected chi connectivity index (χ0v) is 15.3. The summed E-state index contributed by atoms with van der Waals surface area (Å²) < 4.78 is 11.2. The van der Waals surface area contributed by atoms with Crippen molar-refractivity contribution in [1.29, 1.82) is 0 Å². The molecule has 0 radical (unpaired) electrons. The van der Waals surface area contributed by atoms with Gasteiger partial charge in [-0.2, -0.15) is 0 Å². The van der Waals surface area contributed by atoms with E-state index in [9.17, 15) is 0 Å². The number of benzene rings is 1. The smallest absolute Gasteiger partial charge is 0.138 e. The van der Waals surface area contributed by atoms with E-state index in [-0.39, 0.29) is 17.9 Å². The topological polar surface area (TPSA) is 31.4 Å². The van der Waals surface area contributed by atoms with Gasteiger partial charge in [0.2, 0.25) is 0 Å². The largest absolute Gasteiger partial charge is 0.486 e. The third-order valence-electron chi connectivity index (χ3n) is 4.64. The lowest BCUT2D eigenvalue weighted by atomic mass is 9.86. The predicted octanol–water partition coefficient (Wildman–Crippen LogP) is 5.46. The van der Waals surface area contributed by atoms with Crippen molar-refractivity contribution in [2.45, 2.75) is 38.2 Å². The van der Waals surface area contributed by atoms with Gasteiger partial charge in [0.05, 0.1) is 29.5 Å². The Balaban J connectivity index is 1.69. The summed E-state index contributed by atoms with van der Waals surface area (Å²) in [5.74, 6) is 1.33. The summed E-state index contributed by atoms with van der Waals surface area (Å²) in [5.41, 5.74) is 2.19. The molecule has 0 amide bonds. The minimum Gasteiger partial charge on any atom is -0.486 e. The maximum Gasteiger partial charge on any atom is 0.138 e. The molecule has 0 aliphatic carbocycles. The Bertz CT molecular complexity index is 684. The summed E-state index contributed by atoms with van der Waals surface area (Å²) >= 11 is 12.1. The fourth-order valence-electron chi connectivity index (χ4n) is 2.87. The van der Waals surface area contributed by atoms with Crippen molar-refractivity contribution in [1.82, 2.24) is 4.98 Å². The molecule has 3 rings (SSSR count). The van der Waals surface area contributed by atoms with Crippen LogP contribution in [0.3, 0.4) is 0 Å². The second-order valence-corrected chi connectivity index (χ2v) is 7.09. The summed E-state index contributed by atoms with van der Waals surface area (Å²) in [5, 5.41) is 1.17. The second-order valence-electron chi connectivity index (χ2n) is 6.27. The zero-order valence-electron chi connectivity index (χ0n) is 13.8. The van der Waals surface area contributed by atoms with Gasteiger partial charge < -0.3 is 9.47 Å². The number of hydrogen-bond donors (Lipinski definition) is 0. The van der Waals surface area contributed by atoms with E-state index in [1.165, 1.54) is 0 Å². The van der Waals surface area contributed by atoms with E-state index in [1.807, 2.05) is 30.3 Å². The van der Waals surface area contributed by atoms with Crippen LogP contribution in [-0.4, -0.2) is 24.3 Å². The third-order valence-corrected chi connectivity index (χ3v) is 5.37. The molecule has 0 saturated carbocycles. The van der Waals surface area contributed by atoms with Crippen LogP contribution >= 0.6 is 23.2 Å². The van der Waals surface area contributed by atoms with Crippen LogP contribution in [0.4, 0.5) is 0 Å². The van der Waals surface area contributed by atoms with Gasteiger partial charge in [-0.15, -0.1) is 0 Å². The van der Waals surface area contributed by atoms with Gasteiger partial charge in [-0.05, 0) is 35.7 Å². The van der Waals surface area contributed by atoms with E-state index in [0.29, 0.717) is 16.7 Å². The number of ether oxygens (including phenoxy) is 2. The zero-order chi connectivity index (χ0) is 17.1. The van der Waals surface area contributed by atoms with Crippen molar-refractivity contribution in [2.75, 3.05) is 13.2 Å². The molecule has 3 nitrogen and oxygen atoms in total. The standard InChI is InChI=1S/C19H21Cl2NO2/c1-12(14-3-5-17(20)18(21)9-14)13(2)19-6-4-15(10-22-19)24-16-7-8-23-11-16/h3-6,9-10,12-13,16H,7-8,11H2,1-2H3. The molecule has 0 spiro atoms. The van der Waals surface area contributed by atoms with Crippen molar-refractivity contribution in [3.8, 4) is 5.75 Å². The van der Waals surface area contributed by atoms with Crippen molar-refractivity contribution in [3.63, 3.8) is 0 Å². The van der Waals surface area contributed by atoms with Gasteiger partial charge >= 0.3 is 0 Å². The van der Waals surface area contributed by atoms with E-state index in [4.69, 9.17) is 32.7 Å². The first-order valence-corrected chi connectivity index (χ1v) is 8.95. The Hall–Kier alpha value is -1.29. The molecule has 1 aliphatic rings. The number of aromatic nitrogens is 1. The number of hydrogen-bond acceptors (Lipinski definition) is 3. The molecular weight excluding hydrogens is 345 g/mol. The fourth-order valence-corrected chi connectivity index (χ4v) is 3.18. The Kier molecular flexibility index (Phi) is 5.65. The number of pyridine rings is 1. The van der Waals surface area contributed by atoms with E-state index in [2.05, 4.69) is 18.8 Å². The lowest BCUT2D eigenvalue weighted by Gasteiger charge is -2.21. The van der Waals surface area contributed by atoms with Crippen LogP contribution in [0.2, 0.25) is 10.0 Å². The van der Waals surface area contributed by atoms with Crippen LogP contribution in [0.5, 0.6) is 5.75 Å². The average molecular weight is 366 g/mol. The maximum atomic E-state index is 6.14. The van der Waals surface area contributed by atoms with Gasteiger partial charge in [0.1, 0.15) is 11.9 Å². The first kappa shape index (κ1) is 17.5. The maximum absolute atomic E-state index is 6.14. The normalized spacial score (nSPS) is 19.9. The number of halogens is 2. The molecule has 3 unspecified atom stereocenters. The molecule has 2 heterocycles. The fraction of sp³-hybridized carbons (Fsp3) is 0.421. The molecule has 128 valence electrons. The van der Waals surface area contributed by atoms with E-state index >= 15 is 0 Å². The minimum absolute atomic E-state index is 0.144. The number of nitrogens with zero attached hydrogens (tertiary/aromatic N) is 1. The first-order chi connectivity index (χ1) is 11.5. The molecule has 1 saturated heterocycles. The third kappa shape index (κ3) is 4.02. The summed E-state index contributed by atoms with van der Waals surface area (Å²) in [6.45, 7) is 5.77. The van der Waals surface area contributed by atoms with Gasteiger partial charge in [0, 0.05) is 18.0 Å². The van der Waals surface area contributed by atoms with Crippen LogP contribution < -0.4 is 4.74 Å². The summed E-state index contributed by atoms with van der Waals surface area (Å²) in [6, 6.07) is 9.81. The van der Waals surface area contributed by atoms with Crippen LogP contribution in [0.25, 0.3) is 0 Å². The molecule has 1 fully saturated rings. The van der Waals surface area contributed by atoms with Crippen LogP contribution in [-0.2, 0) is 4.74 Å². The van der Waals surface area contributed by atoms with Crippen LogP contribution in [0.1, 0.15) is 43.4 Å². The van der Waals surface area contributed by atoms with Crippen LogP contribution in [0, 0.1) is 0 Å². The molecule has 3 atom stereocenters. The molecule has 5 heteroatoms. The highest BCUT2D eigenvalue weighted by molar-refractivity contribution is 6.42. The van der Waals surface area contributed by atoms with Crippen molar-refractivity contribution < 1.29 is 9.47 Å². The lowest BCUT2D eigenvalue weighted by Crippen LogP contribution is -2.16. The highest BCUT2D eigenvalue weighted by atomic mass is 35.5. The molecule has 1 aromatic heterocycles. The molecular formula is C19H21Cl2NO2. The molecule has 2 aromatic rings. The van der Waals surface area contributed by atoms with E-state index in [0.717, 1.165) is 30.0 Å². The monoisotopic (exact) mass is 365 g/mol. The first-order valence-electron chi connectivity index (χ1n) is 8.20. The Morgan fingerprint density at radius 1 is 1.12 bits per heavy atom. The van der Waals surface area contributed by atoms with Gasteiger partial charge in [0.15, 0.2) is 0 Å². The quantitative estimate of drug-likeness (QED) is 0.704. The van der Waals surface area contributed by atoms with Crippen molar-refractivity contribution >= 4 is 23.2 Å². The second kappa shape index (κ2) is 7.73. The highest BCUT2D eigenvalue weighted by Gasteiger charge is 2.20. The predicted molar refractivity (Wildman–Crippen MR) is 97.4 cm³/mol. The molecule has 0 bridgehead atoms. The molecule has 1 aliphatic heterocycles. The Morgan fingerprint density at radius 3 is 2.58 bits per heavy atom. The molecule has 0 N–H and O–H groups in total. The lowest BCUT2D eigenvalue weighted by molar-refractivity contribution is 0.141. The van der Waals surface area contributed by atoms with Crippen molar-refractivity contribution in [3.05, 3.63) is 57.8 Å². The van der Waals surface area contributed by atoms with Gasteiger partial charge in [-0.3, -0.25) is 4.98 Å². The Labute approximate surface area is 152 Å². The van der Waals surface area contributed by atoms with Gasteiger partial charge in [-0.1, -0.05) is 43.1 Å². The summed E-state index contributed by atoms with van der Waals surface area (Å²) in [4.78, 5) is 4.58. The van der Waals surface area contributed by atoms with E-state index in [1.54, 1.807) is 6.20 Å². The summed E-state index contributed by atoms with van der Waals surface area (Å²) in [7, 11) is 0.